The van der Waals surface area contributed by atoms with Gasteiger partial charge in [0.25, 0.3) is 5.91 Å². The third-order valence-electron chi connectivity index (χ3n) is 3.26. The molecule has 1 saturated heterocycles. The van der Waals surface area contributed by atoms with Gasteiger partial charge in [-0.05, 0) is 7.05 Å². The Morgan fingerprint density at radius 1 is 1.25 bits per heavy atom. The Kier molecular flexibility index (Phi) is 4.39. The summed E-state index contributed by atoms with van der Waals surface area (Å²) in [5, 5.41) is 0. The minimum absolute atomic E-state index is 0.241. The van der Waals surface area contributed by atoms with Gasteiger partial charge in [0.15, 0.2) is 18.2 Å². The first-order valence-corrected chi connectivity index (χ1v) is 6.31. The van der Waals surface area contributed by atoms with Crippen molar-refractivity contribution in [2.75, 3.05) is 45.6 Å². The summed E-state index contributed by atoms with van der Waals surface area (Å²) in [5.74, 6) is -2.10. The third-order valence-corrected chi connectivity index (χ3v) is 3.26. The maximum atomic E-state index is 13.5. The van der Waals surface area contributed by atoms with Crippen molar-refractivity contribution in [1.29, 1.82) is 0 Å². The summed E-state index contributed by atoms with van der Waals surface area (Å²) in [7, 11) is 1.98. The van der Waals surface area contributed by atoms with Gasteiger partial charge in [-0.1, -0.05) is 0 Å². The average molecular weight is 285 g/mol. The van der Waals surface area contributed by atoms with E-state index in [0.717, 1.165) is 25.2 Å². The highest BCUT2D eigenvalue weighted by atomic mass is 19.1. The Labute approximate surface area is 115 Å². The van der Waals surface area contributed by atoms with Gasteiger partial charge < -0.3 is 20.3 Å². The molecule has 0 spiro atoms. The molecule has 7 heteroatoms. The molecule has 1 aliphatic rings. The number of likely N-dealkylation sites (N-methyl/N-ethyl adjacent to an activating group) is 1. The van der Waals surface area contributed by atoms with Crippen molar-refractivity contribution in [3.63, 3.8) is 0 Å². The molecule has 1 heterocycles. The minimum Gasteiger partial charge on any atom is -0.481 e. The van der Waals surface area contributed by atoms with Gasteiger partial charge >= 0.3 is 0 Å². The van der Waals surface area contributed by atoms with Crippen LogP contribution >= 0.6 is 0 Å². The maximum absolute atomic E-state index is 13.5. The topological polar surface area (TPSA) is 58.8 Å². The van der Waals surface area contributed by atoms with Crippen molar-refractivity contribution in [2.45, 2.75) is 0 Å². The van der Waals surface area contributed by atoms with Crippen LogP contribution in [0.3, 0.4) is 0 Å². The molecule has 0 aliphatic carbocycles. The van der Waals surface area contributed by atoms with Crippen LogP contribution in [0, 0.1) is 11.6 Å². The summed E-state index contributed by atoms with van der Waals surface area (Å²) < 4.78 is 31.7. The summed E-state index contributed by atoms with van der Waals surface area (Å²) >= 11 is 0. The van der Waals surface area contributed by atoms with Crippen LogP contribution in [0.2, 0.25) is 0 Å². The van der Waals surface area contributed by atoms with Gasteiger partial charge in [0.1, 0.15) is 5.82 Å². The predicted octanol–water partition coefficient (Wildman–Crippen LogP) is 0.700. The van der Waals surface area contributed by atoms with Gasteiger partial charge in [0.05, 0.1) is 5.69 Å². The van der Waals surface area contributed by atoms with E-state index < -0.39 is 11.6 Å². The Morgan fingerprint density at radius 3 is 2.55 bits per heavy atom. The average Bonchev–Trinajstić information content (AvgIpc) is 2.42. The van der Waals surface area contributed by atoms with Gasteiger partial charge in [-0.25, -0.2) is 8.78 Å². The summed E-state index contributed by atoms with van der Waals surface area (Å²) in [6, 6.07) is 1.69. The quantitative estimate of drug-likeness (QED) is 0.831. The number of amides is 1. The van der Waals surface area contributed by atoms with Crippen LogP contribution in [0.5, 0.6) is 5.75 Å². The van der Waals surface area contributed by atoms with E-state index in [9.17, 15) is 13.6 Å². The lowest BCUT2D eigenvalue weighted by atomic mass is 10.3. The van der Waals surface area contributed by atoms with E-state index >= 15 is 0 Å². The summed E-state index contributed by atoms with van der Waals surface area (Å²) in [6.07, 6.45) is 0. The molecule has 1 aliphatic heterocycles. The third kappa shape index (κ3) is 3.36. The fourth-order valence-corrected chi connectivity index (χ4v) is 1.94. The first-order valence-electron chi connectivity index (χ1n) is 6.31. The second kappa shape index (κ2) is 6.04. The van der Waals surface area contributed by atoms with Gasteiger partial charge in [-0.15, -0.1) is 0 Å². The molecule has 0 unspecified atom stereocenters. The van der Waals surface area contributed by atoms with Crippen molar-refractivity contribution in [3.05, 3.63) is 23.8 Å². The number of carbonyl (C=O) groups is 1. The second-order valence-corrected chi connectivity index (χ2v) is 4.78. The van der Waals surface area contributed by atoms with E-state index in [-0.39, 0.29) is 24.0 Å². The number of nitrogens with two attached hydrogens (primary N) is 1. The molecule has 0 bridgehead atoms. The fraction of sp³-hybridized carbons (Fsp3) is 0.462. The van der Waals surface area contributed by atoms with E-state index in [1.54, 1.807) is 4.90 Å². The highest BCUT2D eigenvalue weighted by Crippen LogP contribution is 2.22. The van der Waals surface area contributed by atoms with Crippen LogP contribution in [0.15, 0.2) is 12.1 Å². The van der Waals surface area contributed by atoms with Gasteiger partial charge in [0.2, 0.25) is 0 Å². The largest absolute Gasteiger partial charge is 0.481 e. The van der Waals surface area contributed by atoms with Gasteiger partial charge in [-0.3, -0.25) is 4.79 Å². The smallest absolute Gasteiger partial charge is 0.260 e. The van der Waals surface area contributed by atoms with E-state index in [0.29, 0.717) is 13.1 Å². The Morgan fingerprint density at radius 2 is 1.90 bits per heavy atom. The molecule has 0 aromatic heterocycles. The second-order valence-electron chi connectivity index (χ2n) is 4.78. The van der Waals surface area contributed by atoms with Crippen LogP contribution in [0.4, 0.5) is 14.5 Å². The molecule has 1 fully saturated rings. The lowest BCUT2D eigenvalue weighted by Crippen LogP contribution is -2.48. The van der Waals surface area contributed by atoms with Crippen LogP contribution in [0.25, 0.3) is 0 Å². The molecule has 20 heavy (non-hydrogen) atoms. The van der Waals surface area contributed by atoms with Crippen LogP contribution in [0.1, 0.15) is 0 Å². The number of nitrogen functional groups attached to an aromatic ring is 1. The number of hydrogen-bond acceptors (Lipinski definition) is 4. The minimum atomic E-state index is -0.782. The molecule has 1 aromatic carbocycles. The molecule has 0 radical (unpaired) electrons. The molecular formula is C13H17F2N3O2. The molecule has 2 N–H and O–H groups in total. The molecule has 0 saturated carbocycles. The standard InChI is InChI=1S/C13H17F2N3O2/c1-17-2-4-18(5-3-17)13(19)8-20-12-7-9(14)11(16)6-10(12)15/h6-7H,2-5,8,16H2,1H3. The Hall–Kier alpha value is -1.89. The van der Waals surface area contributed by atoms with Crippen molar-refractivity contribution in [3.8, 4) is 5.75 Å². The number of anilines is 1. The molecule has 0 atom stereocenters. The zero-order chi connectivity index (χ0) is 14.7. The summed E-state index contributed by atoms with van der Waals surface area (Å²) in [5.41, 5.74) is 4.93. The number of benzene rings is 1. The zero-order valence-corrected chi connectivity index (χ0v) is 11.2. The normalized spacial score (nSPS) is 16.2. The summed E-state index contributed by atoms with van der Waals surface area (Å²) in [4.78, 5) is 15.6. The molecule has 110 valence electrons. The number of piperazine rings is 1. The Balaban J connectivity index is 1.92. The number of hydrogen-bond donors (Lipinski definition) is 1. The number of carbonyl (C=O) groups excluding carboxylic acids is 1. The predicted molar refractivity (Wildman–Crippen MR) is 70.3 cm³/mol. The van der Waals surface area contributed by atoms with E-state index in [1.807, 2.05) is 7.05 Å². The van der Waals surface area contributed by atoms with Crippen molar-refractivity contribution >= 4 is 11.6 Å². The number of halogens is 2. The highest BCUT2D eigenvalue weighted by molar-refractivity contribution is 5.77. The number of ether oxygens (including phenoxy) is 1. The monoisotopic (exact) mass is 285 g/mol. The zero-order valence-electron chi connectivity index (χ0n) is 11.2. The van der Waals surface area contributed by atoms with Crippen LogP contribution < -0.4 is 10.5 Å². The van der Waals surface area contributed by atoms with Crippen LogP contribution in [-0.4, -0.2) is 55.5 Å². The molecule has 1 amide bonds. The first kappa shape index (κ1) is 14.5. The number of nitrogens with zero attached hydrogens (tertiary/aromatic N) is 2. The van der Waals surface area contributed by atoms with Crippen molar-refractivity contribution in [2.24, 2.45) is 0 Å². The van der Waals surface area contributed by atoms with Crippen molar-refractivity contribution < 1.29 is 18.3 Å². The molecule has 2 rings (SSSR count). The highest BCUT2D eigenvalue weighted by Gasteiger charge is 2.20. The van der Waals surface area contributed by atoms with Crippen LogP contribution in [-0.2, 0) is 4.79 Å². The molecular weight excluding hydrogens is 268 g/mol. The van der Waals surface area contributed by atoms with E-state index in [1.165, 1.54) is 0 Å². The molecule has 1 aromatic rings. The van der Waals surface area contributed by atoms with E-state index in [2.05, 4.69) is 4.90 Å². The molecule has 5 nitrogen and oxygen atoms in total. The fourth-order valence-electron chi connectivity index (χ4n) is 1.94. The van der Waals surface area contributed by atoms with Crippen molar-refractivity contribution in [1.82, 2.24) is 9.80 Å². The van der Waals surface area contributed by atoms with Gasteiger partial charge in [-0.2, -0.15) is 0 Å². The SMILES string of the molecule is CN1CCN(C(=O)COc2cc(F)c(N)cc2F)CC1. The summed E-state index contributed by atoms with van der Waals surface area (Å²) in [6.45, 7) is 2.48. The lowest BCUT2D eigenvalue weighted by molar-refractivity contribution is -0.134. The lowest BCUT2D eigenvalue weighted by Gasteiger charge is -2.32. The Bertz CT molecular complexity index is 503. The van der Waals surface area contributed by atoms with E-state index in [4.69, 9.17) is 10.5 Å². The van der Waals surface area contributed by atoms with Gasteiger partial charge in [0, 0.05) is 38.3 Å². The number of rotatable bonds is 3. The first-order chi connectivity index (χ1) is 9.47. The maximum Gasteiger partial charge on any atom is 0.260 e.